The molecule has 0 aliphatic carbocycles. The Bertz CT molecular complexity index is 219. The van der Waals surface area contributed by atoms with E-state index >= 15 is 0 Å². The van der Waals surface area contributed by atoms with Crippen molar-refractivity contribution in [3.8, 4) is 0 Å². The van der Waals surface area contributed by atoms with Crippen LogP contribution in [-0.4, -0.2) is 30.8 Å². The first kappa shape index (κ1) is 12.3. The highest BCUT2D eigenvalue weighted by molar-refractivity contribution is 5.67. The second-order valence-electron chi connectivity index (χ2n) is 5.21. The lowest BCUT2D eigenvalue weighted by Crippen LogP contribution is -2.50. The number of carbonyl (C=O) groups is 1. The van der Waals surface area contributed by atoms with Crippen molar-refractivity contribution in [2.45, 2.75) is 45.8 Å². The van der Waals surface area contributed by atoms with Gasteiger partial charge in [-0.2, -0.15) is 0 Å². The molecule has 4 nitrogen and oxygen atoms in total. The van der Waals surface area contributed by atoms with E-state index in [1.54, 1.807) is 0 Å². The summed E-state index contributed by atoms with van der Waals surface area (Å²) in [7, 11) is 0. The van der Waals surface area contributed by atoms with E-state index in [4.69, 9.17) is 4.74 Å². The van der Waals surface area contributed by atoms with Gasteiger partial charge in [0.05, 0.1) is 0 Å². The first-order chi connectivity index (χ1) is 6.88. The summed E-state index contributed by atoms with van der Waals surface area (Å²) in [6.07, 6.45) is 0.880. The van der Waals surface area contributed by atoms with Crippen LogP contribution < -0.4 is 10.6 Å². The van der Waals surface area contributed by atoms with Crippen LogP contribution in [0.15, 0.2) is 0 Å². The van der Waals surface area contributed by atoms with E-state index in [1.807, 2.05) is 20.8 Å². The fourth-order valence-electron chi connectivity index (χ4n) is 1.50. The van der Waals surface area contributed by atoms with Crippen molar-refractivity contribution in [3.05, 3.63) is 0 Å². The molecule has 0 radical (unpaired) electrons. The zero-order chi connectivity index (χ0) is 11.5. The van der Waals surface area contributed by atoms with Crippen LogP contribution in [0.5, 0.6) is 0 Å². The number of hydrogen-bond acceptors (Lipinski definition) is 3. The summed E-state index contributed by atoms with van der Waals surface area (Å²) in [6, 6.07) is 0.555. The molecule has 1 amide bonds. The maximum absolute atomic E-state index is 11.3. The number of hydrogen-bond donors (Lipinski definition) is 2. The van der Waals surface area contributed by atoms with Gasteiger partial charge in [-0.05, 0) is 39.7 Å². The second kappa shape index (κ2) is 4.84. The first-order valence-corrected chi connectivity index (χ1v) is 5.59. The monoisotopic (exact) mass is 214 g/mol. The molecule has 0 spiro atoms. The number of rotatable bonds is 3. The molecular formula is C11H22N2O2. The van der Waals surface area contributed by atoms with E-state index in [1.165, 1.54) is 6.42 Å². The summed E-state index contributed by atoms with van der Waals surface area (Å²) < 4.78 is 5.15. The van der Waals surface area contributed by atoms with Crippen molar-refractivity contribution in [2.24, 2.45) is 5.92 Å². The fraction of sp³-hybridized carbons (Fsp3) is 0.909. The summed E-state index contributed by atoms with van der Waals surface area (Å²) in [6.45, 7) is 9.50. The smallest absolute Gasteiger partial charge is 0.407 e. The van der Waals surface area contributed by atoms with Gasteiger partial charge in [0.2, 0.25) is 0 Å². The molecule has 0 saturated carbocycles. The Balaban J connectivity index is 2.15. The first-order valence-electron chi connectivity index (χ1n) is 5.59. The minimum absolute atomic E-state index is 0.325. The highest BCUT2D eigenvalue weighted by Gasteiger charge is 2.24. The zero-order valence-corrected chi connectivity index (χ0v) is 10.1. The van der Waals surface area contributed by atoms with Crippen LogP contribution in [0.4, 0.5) is 4.79 Å². The van der Waals surface area contributed by atoms with Gasteiger partial charge in [-0.1, -0.05) is 6.92 Å². The molecular weight excluding hydrogens is 192 g/mol. The summed E-state index contributed by atoms with van der Waals surface area (Å²) >= 11 is 0. The molecule has 0 bridgehead atoms. The van der Waals surface area contributed by atoms with Crippen molar-refractivity contribution in [2.75, 3.05) is 13.1 Å². The maximum atomic E-state index is 11.3. The van der Waals surface area contributed by atoms with Crippen LogP contribution in [0.2, 0.25) is 0 Å². The lowest BCUT2D eigenvalue weighted by Gasteiger charge is -2.33. The highest BCUT2D eigenvalue weighted by atomic mass is 16.6. The van der Waals surface area contributed by atoms with Crippen LogP contribution in [0, 0.1) is 5.92 Å². The summed E-state index contributed by atoms with van der Waals surface area (Å²) in [5.74, 6) is 0.464. The Labute approximate surface area is 91.8 Å². The Morgan fingerprint density at radius 1 is 1.60 bits per heavy atom. The van der Waals surface area contributed by atoms with E-state index in [0.29, 0.717) is 18.5 Å². The predicted octanol–water partition coefficient (Wildman–Crippen LogP) is 1.51. The highest BCUT2D eigenvalue weighted by Crippen LogP contribution is 2.13. The lowest BCUT2D eigenvalue weighted by atomic mass is 9.93. The van der Waals surface area contributed by atoms with Gasteiger partial charge in [-0.3, -0.25) is 0 Å². The predicted molar refractivity (Wildman–Crippen MR) is 59.8 cm³/mol. The van der Waals surface area contributed by atoms with Crippen LogP contribution in [0.3, 0.4) is 0 Å². The van der Waals surface area contributed by atoms with Gasteiger partial charge < -0.3 is 15.4 Å². The van der Waals surface area contributed by atoms with Crippen molar-refractivity contribution in [1.82, 2.24) is 10.6 Å². The van der Waals surface area contributed by atoms with Gasteiger partial charge in [0, 0.05) is 12.6 Å². The van der Waals surface area contributed by atoms with E-state index in [0.717, 1.165) is 6.54 Å². The summed E-state index contributed by atoms with van der Waals surface area (Å²) in [5.41, 5.74) is -0.415. The molecule has 1 saturated heterocycles. The van der Waals surface area contributed by atoms with Crippen LogP contribution in [0.1, 0.15) is 34.1 Å². The van der Waals surface area contributed by atoms with Crippen molar-refractivity contribution in [1.29, 1.82) is 0 Å². The molecule has 0 aromatic rings. The lowest BCUT2D eigenvalue weighted by molar-refractivity contribution is 0.0514. The molecule has 2 unspecified atom stereocenters. The zero-order valence-electron chi connectivity index (χ0n) is 10.1. The van der Waals surface area contributed by atoms with Crippen LogP contribution in [-0.2, 0) is 4.74 Å². The van der Waals surface area contributed by atoms with Gasteiger partial charge >= 0.3 is 6.09 Å². The Kier molecular flexibility index (Phi) is 3.97. The molecule has 1 rings (SSSR count). The van der Waals surface area contributed by atoms with Gasteiger partial charge in [0.15, 0.2) is 0 Å². The number of nitrogens with one attached hydrogen (secondary N) is 2. The molecule has 1 heterocycles. The molecule has 1 fully saturated rings. The average Bonchev–Trinajstić information content (AvgIpc) is 1.94. The molecule has 4 heteroatoms. The normalized spacial score (nSPS) is 22.8. The standard InChI is InChI=1S/C11H22N2O2/c1-8(9-5-6-12-9)7-13-10(14)15-11(2,3)4/h8-9,12H,5-7H2,1-4H3,(H,13,14). The van der Waals surface area contributed by atoms with Gasteiger partial charge in [-0.25, -0.2) is 4.79 Å². The van der Waals surface area contributed by atoms with Gasteiger partial charge in [0.25, 0.3) is 0 Å². The van der Waals surface area contributed by atoms with E-state index in [-0.39, 0.29) is 6.09 Å². The minimum Gasteiger partial charge on any atom is -0.444 e. The summed E-state index contributed by atoms with van der Waals surface area (Å²) in [4.78, 5) is 11.3. The fourth-order valence-corrected chi connectivity index (χ4v) is 1.50. The van der Waals surface area contributed by atoms with Gasteiger partial charge in [-0.15, -0.1) is 0 Å². The van der Waals surface area contributed by atoms with Gasteiger partial charge in [0.1, 0.15) is 5.60 Å². The third kappa shape index (κ3) is 4.51. The quantitative estimate of drug-likeness (QED) is 0.748. The number of carbonyl (C=O) groups excluding carboxylic acids is 1. The van der Waals surface area contributed by atoms with Crippen LogP contribution in [0.25, 0.3) is 0 Å². The number of alkyl carbamates (subject to hydrolysis) is 1. The van der Waals surface area contributed by atoms with E-state index in [9.17, 15) is 4.79 Å². The Morgan fingerprint density at radius 3 is 2.60 bits per heavy atom. The van der Waals surface area contributed by atoms with Crippen molar-refractivity contribution in [3.63, 3.8) is 0 Å². The largest absolute Gasteiger partial charge is 0.444 e. The molecule has 2 atom stereocenters. The third-order valence-corrected chi connectivity index (χ3v) is 2.52. The molecule has 2 N–H and O–H groups in total. The molecule has 1 aliphatic rings. The second-order valence-corrected chi connectivity index (χ2v) is 5.21. The topological polar surface area (TPSA) is 50.4 Å². The Morgan fingerprint density at radius 2 is 2.20 bits per heavy atom. The van der Waals surface area contributed by atoms with Crippen molar-refractivity contribution >= 4 is 6.09 Å². The molecule has 88 valence electrons. The molecule has 0 aromatic carbocycles. The van der Waals surface area contributed by atoms with Crippen LogP contribution >= 0.6 is 0 Å². The average molecular weight is 214 g/mol. The minimum atomic E-state index is -0.415. The molecule has 0 aromatic heterocycles. The molecule has 1 aliphatic heterocycles. The maximum Gasteiger partial charge on any atom is 0.407 e. The Hall–Kier alpha value is -0.770. The third-order valence-electron chi connectivity index (χ3n) is 2.52. The van der Waals surface area contributed by atoms with Crippen molar-refractivity contribution < 1.29 is 9.53 Å². The number of amides is 1. The molecule has 15 heavy (non-hydrogen) atoms. The SMILES string of the molecule is CC(CNC(=O)OC(C)(C)C)C1CCN1. The summed E-state index contributed by atoms with van der Waals surface area (Å²) in [5, 5.41) is 6.11. The number of ether oxygens (including phenoxy) is 1. The van der Waals surface area contributed by atoms with E-state index in [2.05, 4.69) is 17.6 Å². The van der Waals surface area contributed by atoms with E-state index < -0.39 is 5.60 Å².